The van der Waals surface area contributed by atoms with E-state index in [0.717, 1.165) is 49.3 Å². The van der Waals surface area contributed by atoms with Crippen LogP contribution < -0.4 is 15.8 Å². The van der Waals surface area contributed by atoms with Crippen LogP contribution in [0, 0.1) is 0 Å². The number of nitrogens with two attached hydrogens (primary N) is 1. The minimum Gasteiger partial charge on any atom is -0.484 e. The predicted octanol–water partition coefficient (Wildman–Crippen LogP) is 2.72. The average Bonchev–Trinajstić information content (AvgIpc) is 2.74. The largest absolute Gasteiger partial charge is 0.484 e. The van der Waals surface area contributed by atoms with Crippen LogP contribution in [0.3, 0.4) is 0 Å². The molecule has 31 heavy (non-hydrogen) atoms. The number of amides is 1. The summed E-state index contributed by atoms with van der Waals surface area (Å²) in [6.07, 6.45) is 0. The number of rotatable bonds is 7. The van der Waals surface area contributed by atoms with E-state index in [0.29, 0.717) is 12.3 Å². The van der Waals surface area contributed by atoms with Crippen molar-refractivity contribution >= 4 is 47.4 Å². The van der Waals surface area contributed by atoms with E-state index in [1.54, 1.807) is 13.1 Å². The second-order valence-electron chi connectivity index (χ2n) is 7.20. The van der Waals surface area contributed by atoms with Gasteiger partial charge in [0.15, 0.2) is 12.6 Å². The van der Waals surface area contributed by atoms with E-state index in [9.17, 15) is 4.79 Å². The van der Waals surface area contributed by atoms with Crippen molar-refractivity contribution in [3.05, 3.63) is 64.7 Å². The van der Waals surface area contributed by atoms with E-state index < -0.39 is 5.91 Å². The first kappa shape index (κ1) is 25.2. The monoisotopic (exact) mass is 557 g/mol. The number of guanidine groups is 1. The number of nitrogens with one attached hydrogen (secondary N) is 1. The molecule has 0 atom stereocenters. The van der Waals surface area contributed by atoms with Crippen molar-refractivity contribution in [1.82, 2.24) is 15.1 Å². The molecule has 0 bridgehead atoms. The zero-order valence-electron chi connectivity index (χ0n) is 17.6. The summed E-state index contributed by atoms with van der Waals surface area (Å²) in [6, 6.07) is 15.6. The van der Waals surface area contributed by atoms with Gasteiger partial charge in [0.25, 0.3) is 5.91 Å². The van der Waals surface area contributed by atoms with Crippen LogP contribution in [-0.2, 0) is 17.9 Å². The van der Waals surface area contributed by atoms with Gasteiger partial charge in [0, 0.05) is 51.3 Å². The third kappa shape index (κ3) is 8.19. The number of halogens is 2. The molecule has 1 saturated heterocycles. The van der Waals surface area contributed by atoms with Crippen molar-refractivity contribution in [2.45, 2.75) is 13.1 Å². The smallest absolute Gasteiger partial charge is 0.255 e. The Morgan fingerprint density at radius 3 is 2.52 bits per heavy atom. The highest BCUT2D eigenvalue weighted by Gasteiger charge is 2.19. The number of carbonyl (C=O) groups excluding carboxylic acids is 1. The zero-order valence-corrected chi connectivity index (χ0v) is 20.7. The number of aliphatic imine (C=N–C) groups is 1. The standard InChI is InChI=1S/C22H28ClN5O2.HI/c1-25-22(26-14-17-4-3-7-20(13-17)30-16-21(24)29)28-10-8-27(9-11-28)15-18-5-2-6-19(23)12-18;/h2-7,12-13H,8-11,14-16H2,1H3,(H2,24,29)(H,25,26);1H. The van der Waals surface area contributed by atoms with Gasteiger partial charge in [-0.3, -0.25) is 14.7 Å². The molecule has 0 unspecified atom stereocenters. The minimum atomic E-state index is -0.492. The number of carbonyl (C=O) groups is 1. The lowest BCUT2D eigenvalue weighted by atomic mass is 10.2. The zero-order chi connectivity index (χ0) is 21.3. The van der Waals surface area contributed by atoms with Gasteiger partial charge in [0.05, 0.1) is 0 Å². The average molecular weight is 558 g/mol. The van der Waals surface area contributed by atoms with Crippen molar-refractivity contribution in [1.29, 1.82) is 0 Å². The Morgan fingerprint density at radius 1 is 1.13 bits per heavy atom. The maximum Gasteiger partial charge on any atom is 0.255 e. The molecular formula is C22H29ClIN5O2. The molecule has 1 amide bonds. The lowest BCUT2D eigenvalue weighted by Crippen LogP contribution is -2.52. The number of piperazine rings is 1. The fourth-order valence-corrected chi connectivity index (χ4v) is 3.64. The van der Waals surface area contributed by atoms with E-state index in [4.69, 9.17) is 22.1 Å². The first-order chi connectivity index (χ1) is 14.5. The molecule has 0 saturated carbocycles. The van der Waals surface area contributed by atoms with Crippen molar-refractivity contribution in [2.75, 3.05) is 39.8 Å². The van der Waals surface area contributed by atoms with E-state index in [-0.39, 0.29) is 30.6 Å². The van der Waals surface area contributed by atoms with Gasteiger partial charge in [-0.05, 0) is 35.4 Å². The van der Waals surface area contributed by atoms with E-state index in [1.807, 2.05) is 36.4 Å². The number of benzene rings is 2. The molecule has 2 aromatic carbocycles. The van der Waals surface area contributed by atoms with Gasteiger partial charge in [0.2, 0.25) is 0 Å². The van der Waals surface area contributed by atoms with Crippen LogP contribution in [0.15, 0.2) is 53.5 Å². The fraction of sp³-hybridized carbons (Fsp3) is 0.364. The van der Waals surface area contributed by atoms with Crippen LogP contribution in [0.5, 0.6) is 5.75 Å². The van der Waals surface area contributed by atoms with Gasteiger partial charge in [0.1, 0.15) is 5.75 Å². The number of hydrogen-bond acceptors (Lipinski definition) is 4. The van der Waals surface area contributed by atoms with Crippen LogP contribution in [0.1, 0.15) is 11.1 Å². The van der Waals surface area contributed by atoms with Crippen molar-refractivity contribution < 1.29 is 9.53 Å². The molecular weight excluding hydrogens is 529 g/mol. The molecule has 1 heterocycles. The summed E-state index contributed by atoms with van der Waals surface area (Å²) < 4.78 is 5.37. The van der Waals surface area contributed by atoms with Gasteiger partial charge in [-0.15, -0.1) is 24.0 Å². The lowest BCUT2D eigenvalue weighted by molar-refractivity contribution is -0.119. The number of hydrogen-bond donors (Lipinski definition) is 2. The summed E-state index contributed by atoms with van der Waals surface area (Å²) in [4.78, 5) is 20.0. The lowest BCUT2D eigenvalue weighted by Gasteiger charge is -2.36. The van der Waals surface area contributed by atoms with Gasteiger partial charge < -0.3 is 20.7 Å². The summed E-state index contributed by atoms with van der Waals surface area (Å²) in [6.45, 7) is 5.12. The highest BCUT2D eigenvalue weighted by molar-refractivity contribution is 14.0. The second-order valence-corrected chi connectivity index (χ2v) is 7.63. The van der Waals surface area contributed by atoms with Gasteiger partial charge in [-0.1, -0.05) is 35.9 Å². The maximum atomic E-state index is 10.9. The molecule has 1 fully saturated rings. The van der Waals surface area contributed by atoms with Gasteiger partial charge >= 0.3 is 0 Å². The quantitative estimate of drug-likeness (QED) is 0.311. The molecule has 9 heteroatoms. The van der Waals surface area contributed by atoms with Crippen molar-refractivity contribution in [2.24, 2.45) is 10.7 Å². The summed E-state index contributed by atoms with van der Waals surface area (Å²) in [5, 5.41) is 4.19. The Morgan fingerprint density at radius 2 is 1.84 bits per heavy atom. The topological polar surface area (TPSA) is 83.2 Å². The number of primary amides is 1. The summed E-state index contributed by atoms with van der Waals surface area (Å²) in [5.41, 5.74) is 7.40. The molecule has 1 aliphatic heterocycles. The molecule has 0 spiro atoms. The van der Waals surface area contributed by atoms with Crippen LogP contribution in [0.2, 0.25) is 5.02 Å². The maximum absolute atomic E-state index is 10.9. The molecule has 3 rings (SSSR count). The van der Waals surface area contributed by atoms with Crippen LogP contribution >= 0.6 is 35.6 Å². The summed E-state index contributed by atoms with van der Waals surface area (Å²) in [7, 11) is 1.80. The predicted molar refractivity (Wildman–Crippen MR) is 135 cm³/mol. The van der Waals surface area contributed by atoms with Crippen molar-refractivity contribution in [3.8, 4) is 5.75 Å². The highest BCUT2D eigenvalue weighted by atomic mass is 127. The second kappa shape index (κ2) is 12.7. The number of ether oxygens (including phenoxy) is 1. The Bertz CT molecular complexity index is 888. The van der Waals surface area contributed by atoms with Crippen LogP contribution in [0.4, 0.5) is 0 Å². The first-order valence-electron chi connectivity index (χ1n) is 9.96. The minimum absolute atomic E-state index is 0. The first-order valence-corrected chi connectivity index (χ1v) is 10.3. The molecule has 2 aromatic rings. The Labute approximate surface area is 205 Å². The van der Waals surface area contributed by atoms with Crippen LogP contribution in [0.25, 0.3) is 0 Å². The van der Waals surface area contributed by atoms with Gasteiger partial charge in [-0.25, -0.2) is 0 Å². The third-order valence-electron chi connectivity index (χ3n) is 4.91. The van der Waals surface area contributed by atoms with Gasteiger partial charge in [-0.2, -0.15) is 0 Å². The Kier molecular flexibility index (Phi) is 10.4. The molecule has 0 radical (unpaired) electrons. The summed E-state index contributed by atoms with van der Waals surface area (Å²) in [5.74, 6) is 1.01. The van der Waals surface area contributed by atoms with E-state index in [2.05, 4.69) is 26.2 Å². The molecule has 0 aromatic heterocycles. The Balaban J connectivity index is 0.00000341. The summed E-state index contributed by atoms with van der Waals surface area (Å²) >= 11 is 6.09. The van der Waals surface area contributed by atoms with E-state index in [1.165, 1.54) is 5.56 Å². The fourth-order valence-electron chi connectivity index (χ4n) is 3.42. The molecule has 168 valence electrons. The highest BCUT2D eigenvalue weighted by Crippen LogP contribution is 2.15. The third-order valence-corrected chi connectivity index (χ3v) is 5.14. The molecule has 0 aliphatic carbocycles. The van der Waals surface area contributed by atoms with Crippen LogP contribution in [-0.4, -0.2) is 61.5 Å². The van der Waals surface area contributed by atoms with E-state index >= 15 is 0 Å². The molecule has 7 nitrogen and oxygen atoms in total. The number of nitrogens with zero attached hydrogens (tertiary/aromatic N) is 3. The molecule has 1 aliphatic rings. The Hall–Kier alpha value is -2.04. The SMILES string of the molecule is CN=C(NCc1cccc(OCC(N)=O)c1)N1CCN(Cc2cccc(Cl)c2)CC1.I. The van der Waals surface area contributed by atoms with Crippen molar-refractivity contribution in [3.63, 3.8) is 0 Å². The normalized spacial score (nSPS) is 14.6. The molecule has 3 N–H and O–H groups in total.